The number of hydrogen-bond acceptors (Lipinski definition) is 5. The minimum atomic E-state index is -0.486. The third-order valence-corrected chi connectivity index (χ3v) is 4.84. The predicted octanol–water partition coefficient (Wildman–Crippen LogP) is 3.50. The van der Waals surface area contributed by atoms with Gasteiger partial charge >= 0.3 is 0 Å². The molecule has 2 aromatic heterocycles. The third-order valence-electron chi connectivity index (χ3n) is 4.84. The highest BCUT2D eigenvalue weighted by Crippen LogP contribution is 2.22. The monoisotopic (exact) mass is 392 g/mol. The predicted molar refractivity (Wildman–Crippen MR) is 105 cm³/mol. The Morgan fingerprint density at radius 1 is 1.17 bits per heavy atom. The van der Waals surface area contributed by atoms with Crippen molar-refractivity contribution >= 4 is 5.91 Å². The summed E-state index contributed by atoms with van der Waals surface area (Å²) in [4.78, 5) is 27.1. The number of piperidine rings is 1. The number of aromatic nitrogens is 3. The molecule has 1 saturated heterocycles. The quantitative estimate of drug-likeness (QED) is 0.665. The van der Waals surface area contributed by atoms with Crippen LogP contribution in [0.4, 0.5) is 4.39 Å². The minimum Gasteiger partial charge on any atom is -0.372 e. The number of likely N-dealkylation sites (tertiary alicyclic amines) is 1. The Labute approximate surface area is 168 Å². The van der Waals surface area contributed by atoms with E-state index in [0.717, 1.165) is 18.4 Å². The van der Waals surface area contributed by atoms with Crippen LogP contribution in [0, 0.1) is 5.82 Å². The number of amides is 1. The standard InChI is InChI=1S/C22H21FN4O2/c23-19-11-17(21-25-7-3-8-26-21)10-18(12-19)22(28)27-9-2-5-20(14-27)29-15-16-4-1-6-24-13-16/h1,3-4,6-8,10-13,20H,2,5,9,14-15H2. The zero-order chi connectivity index (χ0) is 20.1. The van der Waals surface area contributed by atoms with Gasteiger partial charge in [0.15, 0.2) is 5.82 Å². The van der Waals surface area contributed by atoms with Crippen LogP contribution >= 0.6 is 0 Å². The summed E-state index contributed by atoms with van der Waals surface area (Å²) in [5.74, 6) is -0.312. The van der Waals surface area contributed by atoms with Crippen LogP contribution in [0.1, 0.15) is 28.8 Å². The van der Waals surface area contributed by atoms with Crippen LogP contribution in [0.3, 0.4) is 0 Å². The maximum absolute atomic E-state index is 14.2. The topological polar surface area (TPSA) is 68.2 Å². The van der Waals surface area contributed by atoms with Gasteiger partial charge in [0.2, 0.25) is 0 Å². The molecule has 4 rings (SSSR count). The fourth-order valence-corrected chi connectivity index (χ4v) is 3.43. The van der Waals surface area contributed by atoms with E-state index in [1.165, 1.54) is 12.1 Å². The van der Waals surface area contributed by atoms with E-state index in [4.69, 9.17) is 4.74 Å². The van der Waals surface area contributed by atoms with E-state index < -0.39 is 5.82 Å². The van der Waals surface area contributed by atoms with E-state index in [0.29, 0.717) is 36.6 Å². The highest BCUT2D eigenvalue weighted by molar-refractivity contribution is 5.95. The molecule has 148 valence electrons. The van der Waals surface area contributed by atoms with Crippen molar-refractivity contribution in [1.82, 2.24) is 19.9 Å². The number of pyridine rings is 1. The maximum Gasteiger partial charge on any atom is 0.254 e. The first-order chi connectivity index (χ1) is 14.2. The van der Waals surface area contributed by atoms with Gasteiger partial charge in [-0.1, -0.05) is 6.07 Å². The van der Waals surface area contributed by atoms with Gasteiger partial charge in [0.25, 0.3) is 5.91 Å². The van der Waals surface area contributed by atoms with Crippen LogP contribution in [-0.4, -0.2) is 45.0 Å². The molecule has 1 fully saturated rings. The summed E-state index contributed by atoms with van der Waals surface area (Å²) < 4.78 is 20.1. The lowest BCUT2D eigenvalue weighted by molar-refractivity contribution is -0.00682. The van der Waals surface area contributed by atoms with Crippen molar-refractivity contribution in [1.29, 1.82) is 0 Å². The number of hydrogen-bond donors (Lipinski definition) is 0. The largest absolute Gasteiger partial charge is 0.372 e. The zero-order valence-electron chi connectivity index (χ0n) is 15.9. The van der Waals surface area contributed by atoms with Crippen molar-refractivity contribution in [3.8, 4) is 11.4 Å². The van der Waals surface area contributed by atoms with Gasteiger partial charge in [0.05, 0.1) is 12.7 Å². The summed E-state index contributed by atoms with van der Waals surface area (Å²) >= 11 is 0. The molecule has 0 bridgehead atoms. The van der Waals surface area contributed by atoms with E-state index in [1.807, 2.05) is 12.1 Å². The molecule has 1 atom stereocenters. The van der Waals surface area contributed by atoms with Crippen molar-refractivity contribution in [2.45, 2.75) is 25.6 Å². The molecule has 0 N–H and O–H groups in total. The second-order valence-electron chi connectivity index (χ2n) is 6.99. The van der Waals surface area contributed by atoms with Crippen molar-refractivity contribution in [2.75, 3.05) is 13.1 Å². The molecule has 3 aromatic rings. The summed E-state index contributed by atoms with van der Waals surface area (Å²) in [5, 5.41) is 0. The van der Waals surface area contributed by atoms with Crippen LogP contribution in [0.25, 0.3) is 11.4 Å². The first-order valence-electron chi connectivity index (χ1n) is 9.57. The first kappa shape index (κ1) is 19.1. The van der Waals surface area contributed by atoms with E-state index in [-0.39, 0.29) is 12.0 Å². The smallest absolute Gasteiger partial charge is 0.254 e. The molecule has 1 aliphatic rings. The van der Waals surface area contributed by atoms with Crippen molar-refractivity contribution in [3.05, 3.63) is 78.1 Å². The molecule has 1 amide bonds. The molecule has 3 heterocycles. The van der Waals surface area contributed by atoms with Gasteiger partial charge in [-0.2, -0.15) is 0 Å². The van der Waals surface area contributed by atoms with Gasteiger partial charge < -0.3 is 9.64 Å². The molecular weight excluding hydrogens is 371 g/mol. The number of rotatable bonds is 5. The number of carbonyl (C=O) groups excluding carboxylic acids is 1. The fourth-order valence-electron chi connectivity index (χ4n) is 3.43. The van der Waals surface area contributed by atoms with E-state index >= 15 is 0 Å². The molecule has 6 nitrogen and oxygen atoms in total. The normalized spacial score (nSPS) is 16.6. The second kappa shape index (κ2) is 8.87. The number of benzene rings is 1. The Bertz CT molecular complexity index is 969. The lowest BCUT2D eigenvalue weighted by Crippen LogP contribution is -2.43. The molecule has 29 heavy (non-hydrogen) atoms. The molecule has 1 unspecified atom stereocenters. The van der Waals surface area contributed by atoms with Crippen molar-refractivity contribution in [2.24, 2.45) is 0 Å². The average molecular weight is 392 g/mol. The van der Waals surface area contributed by atoms with Crippen molar-refractivity contribution < 1.29 is 13.9 Å². The Morgan fingerprint density at radius 2 is 2.03 bits per heavy atom. The van der Waals surface area contributed by atoms with Crippen LogP contribution in [0.15, 0.2) is 61.2 Å². The molecule has 0 spiro atoms. The summed E-state index contributed by atoms with van der Waals surface area (Å²) in [6.07, 6.45) is 8.33. The SMILES string of the molecule is O=C(c1cc(F)cc(-c2ncccn2)c1)N1CCCC(OCc2cccnc2)C1. The first-order valence-corrected chi connectivity index (χ1v) is 9.57. The average Bonchev–Trinajstić information content (AvgIpc) is 2.78. The number of ether oxygens (including phenoxy) is 1. The molecule has 0 saturated carbocycles. The molecule has 1 aromatic carbocycles. The van der Waals surface area contributed by atoms with Gasteiger partial charge in [0, 0.05) is 49.0 Å². The van der Waals surface area contributed by atoms with Gasteiger partial charge in [-0.15, -0.1) is 0 Å². The van der Waals surface area contributed by atoms with E-state index in [1.54, 1.807) is 41.8 Å². The molecule has 7 heteroatoms. The Kier molecular flexibility index (Phi) is 5.86. The van der Waals surface area contributed by atoms with Crippen LogP contribution in [-0.2, 0) is 11.3 Å². The maximum atomic E-state index is 14.2. The van der Waals surface area contributed by atoms with Crippen LogP contribution in [0.5, 0.6) is 0 Å². The van der Waals surface area contributed by atoms with E-state index in [9.17, 15) is 9.18 Å². The second-order valence-corrected chi connectivity index (χ2v) is 6.99. The summed E-state index contributed by atoms with van der Waals surface area (Å²) in [6, 6.07) is 9.75. The molecular formula is C22H21FN4O2. The fraction of sp³-hybridized carbons (Fsp3) is 0.273. The number of carbonyl (C=O) groups is 1. The number of nitrogens with zero attached hydrogens (tertiary/aromatic N) is 4. The Morgan fingerprint density at radius 3 is 2.83 bits per heavy atom. The zero-order valence-corrected chi connectivity index (χ0v) is 15.9. The van der Waals surface area contributed by atoms with Crippen molar-refractivity contribution in [3.63, 3.8) is 0 Å². The van der Waals surface area contributed by atoms with Gasteiger partial charge in [-0.3, -0.25) is 9.78 Å². The highest BCUT2D eigenvalue weighted by atomic mass is 19.1. The van der Waals surface area contributed by atoms with Crippen LogP contribution < -0.4 is 0 Å². The molecule has 1 aliphatic heterocycles. The highest BCUT2D eigenvalue weighted by Gasteiger charge is 2.25. The van der Waals surface area contributed by atoms with Gasteiger partial charge in [-0.05, 0) is 48.7 Å². The molecule has 0 aliphatic carbocycles. The third kappa shape index (κ3) is 4.81. The lowest BCUT2D eigenvalue weighted by atomic mass is 10.0. The van der Waals surface area contributed by atoms with Crippen LogP contribution in [0.2, 0.25) is 0 Å². The summed E-state index contributed by atoms with van der Waals surface area (Å²) in [5.41, 5.74) is 1.77. The van der Waals surface area contributed by atoms with E-state index in [2.05, 4.69) is 15.0 Å². The van der Waals surface area contributed by atoms with Gasteiger partial charge in [-0.25, -0.2) is 14.4 Å². The molecule has 0 radical (unpaired) electrons. The Balaban J connectivity index is 1.45. The Hall–Kier alpha value is -3.19. The summed E-state index contributed by atoms with van der Waals surface area (Å²) in [7, 11) is 0. The summed E-state index contributed by atoms with van der Waals surface area (Å²) in [6.45, 7) is 1.56. The minimum absolute atomic E-state index is 0.0570. The number of halogens is 1. The lowest BCUT2D eigenvalue weighted by Gasteiger charge is -2.32. The van der Waals surface area contributed by atoms with Gasteiger partial charge in [0.1, 0.15) is 5.82 Å².